The molecule has 0 bridgehead atoms. The van der Waals surface area contributed by atoms with Gasteiger partial charge in [0.15, 0.2) is 0 Å². The molecule has 144 valence electrons. The van der Waals surface area contributed by atoms with Crippen LogP contribution in [0, 0.1) is 28.9 Å². The molecular formula is C19H20F2N2O4. The maximum atomic E-state index is 13.9. The van der Waals surface area contributed by atoms with E-state index in [1.165, 1.54) is 4.90 Å². The predicted molar refractivity (Wildman–Crippen MR) is 89.7 cm³/mol. The Morgan fingerprint density at radius 1 is 1.07 bits per heavy atom. The van der Waals surface area contributed by atoms with Gasteiger partial charge in [-0.05, 0) is 25.0 Å². The molecule has 6 nitrogen and oxygen atoms in total. The van der Waals surface area contributed by atoms with E-state index in [0.29, 0.717) is 6.07 Å². The summed E-state index contributed by atoms with van der Waals surface area (Å²) in [5, 5.41) is 9.85. The second-order valence-corrected chi connectivity index (χ2v) is 7.81. The normalized spacial score (nSPS) is 27.4. The average molecular weight is 378 g/mol. The number of hydrogen-bond acceptors (Lipinski definition) is 3. The molecule has 1 N–H and O–H groups in total. The molecule has 27 heavy (non-hydrogen) atoms. The van der Waals surface area contributed by atoms with Crippen LogP contribution in [0.1, 0.15) is 29.6 Å². The number of benzene rings is 1. The summed E-state index contributed by atoms with van der Waals surface area (Å²) < 4.78 is 27.0. The molecule has 1 saturated carbocycles. The van der Waals surface area contributed by atoms with E-state index in [1.807, 2.05) is 0 Å². The Morgan fingerprint density at radius 3 is 2.30 bits per heavy atom. The molecule has 0 spiro atoms. The lowest BCUT2D eigenvalue weighted by atomic mass is 9.81. The Kier molecular flexibility index (Phi) is 4.16. The number of fused-ring (bicyclic) bond motifs is 1. The molecule has 1 aliphatic carbocycles. The topological polar surface area (TPSA) is 77.9 Å². The van der Waals surface area contributed by atoms with Crippen molar-refractivity contribution in [3.05, 3.63) is 35.4 Å². The molecule has 2 aliphatic heterocycles. The van der Waals surface area contributed by atoms with Crippen LogP contribution in [0.4, 0.5) is 8.78 Å². The first-order valence-electron chi connectivity index (χ1n) is 9.08. The van der Waals surface area contributed by atoms with Gasteiger partial charge in [0.1, 0.15) is 17.0 Å². The molecule has 2 atom stereocenters. The third-order valence-corrected chi connectivity index (χ3v) is 6.25. The van der Waals surface area contributed by atoms with Gasteiger partial charge in [-0.3, -0.25) is 14.4 Å². The van der Waals surface area contributed by atoms with Crippen molar-refractivity contribution in [2.45, 2.75) is 19.3 Å². The molecule has 2 amide bonds. The minimum Gasteiger partial charge on any atom is -0.481 e. The molecule has 3 aliphatic rings. The molecule has 0 radical (unpaired) electrons. The molecule has 1 unspecified atom stereocenters. The van der Waals surface area contributed by atoms with Crippen molar-refractivity contribution in [1.29, 1.82) is 0 Å². The summed E-state index contributed by atoms with van der Waals surface area (Å²) in [6.07, 6.45) is 2.70. The first kappa shape index (κ1) is 17.9. The van der Waals surface area contributed by atoms with Gasteiger partial charge in [0.2, 0.25) is 5.91 Å². The van der Waals surface area contributed by atoms with Crippen LogP contribution in [0.3, 0.4) is 0 Å². The molecule has 8 heteroatoms. The third kappa shape index (κ3) is 2.78. The van der Waals surface area contributed by atoms with Gasteiger partial charge < -0.3 is 14.9 Å². The van der Waals surface area contributed by atoms with E-state index in [9.17, 15) is 28.3 Å². The highest BCUT2D eigenvalue weighted by Gasteiger charge is 2.59. The smallest absolute Gasteiger partial charge is 0.313 e. The molecule has 0 aromatic heterocycles. The number of rotatable bonds is 3. The summed E-state index contributed by atoms with van der Waals surface area (Å²) in [6, 6.07) is 2.70. The molecule has 3 fully saturated rings. The van der Waals surface area contributed by atoms with Crippen LogP contribution >= 0.6 is 0 Å². The van der Waals surface area contributed by atoms with Gasteiger partial charge in [0.05, 0.1) is 5.56 Å². The largest absolute Gasteiger partial charge is 0.481 e. The summed E-state index contributed by atoms with van der Waals surface area (Å²) in [5.74, 6) is -3.87. The average Bonchev–Trinajstić information content (AvgIpc) is 3.08. The van der Waals surface area contributed by atoms with E-state index in [0.717, 1.165) is 31.4 Å². The Hall–Kier alpha value is -2.51. The number of likely N-dealkylation sites (tertiary alicyclic amines) is 2. The summed E-state index contributed by atoms with van der Waals surface area (Å²) in [6.45, 7) is 0.406. The van der Waals surface area contributed by atoms with Gasteiger partial charge in [-0.25, -0.2) is 8.78 Å². The summed E-state index contributed by atoms with van der Waals surface area (Å²) in [5.41, 5.74) is -1.51. The zero-order valence-electron chi connectivity index (χ0n) is 14.7. The van der Waals surface area contributed by atoms with E-state index in [4.69, 9.17) is 0 Å². The van der Waals surface area contributed by atoms with E-state index in [-0.39, 0.29) is 43.6 Å². The second kappa shape index (κ2) is 6.28. The van der Waals surface area contributed by atoms with Crippen molar-refractivity contribution in [1.82, 2.24) is 9.80 Å². The van der Waals surface area contributed by atoms with Gasteiger partial charge in [-0.2, -0.15) is 0 Å². The van der Waals surface area contributed by atoms with E-state index < -0.39 is 34.8 Å². The first-order chi connectivity index (χ1) is 12.8. The predicted octanol–water partition coefficient (Wildman–Crippen LogP) is 1.75. The lowest BCUT2D eigenvalue weighted by Crippen LogP contribution is -2.45. The number of amides is 2. The summed E-state index contributed by atoms with van der Waals surface area (Å²) >= 11 is 0. The number of halogens is 2. The number of aliphatic carboxylic acids is 1. The quantitative estimate of drug-likeness (QED) is 0.869. The number of nitrogens with zero attached hydrogens (tertiary/aromatic N) is 2. The summed E-state index contributed by atoms with van der Waals surface area (Å²) in [4.78, 5) is 40.1. The standard InChI is InChI=1S/C19H20F2N2O4/c20-13-4-5-14(15(21)6-13)17(25)23-8-12-7-22(16(24)11-2-1-3-11)9-19(12,10-23)18(26)27/h4-6,11-12H,1-3,7-10H2,(H,26,27)/t12?,19-/m1/s1. The maximum Gasteiger partial charge on any atom is 0.313 e. The maximum absolute atomic E-state index is 13.9. The molecule has 4 rings (SSSR count). The van der Waals surface area contributed by atoms with Crippen molar-refractivity contribution in [2.24, 2.45) is 17.3 Å². The van der Waals surface area contributed by atoms with Gasteiger partial charge in [-0.15, -0.1) is 0 Å². The van der Waals surface area contributed by atoms with Crippen LogP contribution in [0.5, 0.6) is 0 Å². The van der Waals surface area contributed by atoms with Crippen LogP contribution < -0.4 is 0 Å². The van der Waals surface area contributed by atoms with Crippen molar-refractivity contribution in [3.8, 4) is 0 Å². The van der Waals surface area contributed by atoms with Crippen LogP contribution in [-0.2, 0) is 9.59 Å². The van der Waals surface area contributed by atoms with E-state index >= 15 is 0 Å². The lowest BCUT2D eigenvalue weighted by molar-refractivity contribution is -0.149. The van der Waals surface area contributed by atoms with Gasteiger partial charge in [-0.1, -0.05) is 6.42 Å². The zero-order valence-corrected chi connectivity index (χ0v) is 14.7. The fourth-order valence-corrected chi connectivity index (χ4v) is 4.44. The van der Waals surface area contributed by atoms with E-state index in [1.54, 1.807) is 4.90 Å². The van der Waals surface area contributed by atoms with Crippen molar-refractivity contribution >= 4 is 17.8 Å². The highest BCUT2D eigenvalue weighted by Crippen LogP contribution is 2.44. The first-order valence-corrected chi connectivity index (χ1v) is 9.08. The minimum atomic E-state index is -1.23. The second-order valence-electron chi connectivity index (χ2n) is 7.81. The van der Waals surface area contributed by atoms with Gasteiger partial charge in [0, 0.05) is 44.1 Å². The third-order valence-electron chi connectivity index (χ3n) is 6.25. The van der Waals surface area contributed by atoms with Gasteiger partial charge >= 0.3 is 5.97 Å². The summed E-state index contributed by atoms with van der Waals surface area (Å²) in [7, 11) is 0. The number of carbonyl (C=O) groups excluding carboxylic acids is 2. The Balaban J connectivity index is 1.53. The van der Waals surface area contributed by atoms with Crippen LogP contribution in [0.2, 0.25) is 0 Å². The van der Waals surface area contributed by atoms with Crippen molar-refractivity contribution in [2.75, 3.05) is 26.2 Å². The van der Waals surface area contributed by atoms with Crippen molar-refractivity contribution in [3.63, 3.8) is 0 Å². The molecule has 1 aromatic rings. The molecule has 2 heterocycles. The zero-order chi connectivity index (χ0) is 19.3. The van der Waals surface area contributed by atoms with Gasteiger partial charge in [0.25, 0.3) is 5.91 Å². The van der Waals surface area contributed by atoms with E-state index in [2.05, 4.69) is 0 Å². The highest BCUT2D eigenvalue weighted by atomic mass is 19.1. The minimum absolute atomic E-state index is 0.00118. The number of carboxylic acids is 1. The highest BCUT2D eigenvalue weighted by molar-refractivity contribution is 5.95. The van der Waals surface area contributed by atoms with Crippen molar-refractivity contribution < 1.29 is 28.3 Å². The molecule has 2 saturated heterocycles. The monoisotopic (exact) mass is 378 g/mol. The van der Waals surface area contributed by atoms with Crippen LogP contribution in [0.25, 0.3) is 0 Å². The molecular weight excluding hydrogens is 358 g/mol. The Morgan fingerprint density at radius 2 is 1.74 bits per heavy atom. The Bertz CT molecular complexity index is 826. The molecule has 1 aromatic carbocycles. The SMILES string of the molecule is O=C(c1ccc(F)cc1F)N1CC2CN(C(=O)C3CCC3)C[C@@]2(C(=O)O)C1. The van der Waals surface area contributed by atoms with Crippen LogP contribution in [-0.4, -0.2) is 58.9 Å². The Labute approximate surface area is 154 Å². The van der Waals surface area contributed by atoms with Crippen LogP contribution in [0.15, 0.2) is 18.2 Å². The fraction of sp³-hybridized carbons (Fsp3) is 0.526. The lowest BCUT2D eigenvalue weighted by Gasteiger charge is -2.31. The fourth-order valence-electron chi connectivity index (χ4n) is 4.44. The number of carboxylic acid groups (broad SMARTS) is 1. The number of carbonyl (C=O) groups is 3. The number of hydrogen-bond donors (Lipinski definition) is 1.